The second-order valence-electron chi connectivity index (χ2n) is 2.85. The van der Waals surface area contributed by atoms with Crippen molar-refractivity contribution in [1.82, 2.24) is 9.97 Å². The number of hydrogen-bond acceptors (Lipinski definition) is 2. The van der Waals surface area contributed by atoms with Crippen LogP contribution in [-0.4, -0.2) is 9.97 Å². The van der Waals surface area contributed by atoms with Gasteiger partial charge in [-0.2, -0.15) is 13.2 Å². The lowest BCUT2D eigenvalue weighted by Gasteiger charge is -2.04. The van der Waals surface area contributed by atoms with Crippen LogP contribution in [0.5, 0.6) is 0 Å². The van der Waals surface area contributed by atoms with Crippen molar-refractivity contribution < 1.29 is 13.2 Å². The molecule has 2 rings (SSSR count). The van der Waals surface area contributed by atoms with Crippen molar-refractivity contribution in [3.63, 3.8) is 0 Å². The van der Waals surface area contributed by atoms with E-state index in [9.17, 15) is 13.2 Å². The van der Waals surface area contributed by atoms with Gasteiger partial charge in [-0.3, -0.25) is 0 Å². The minimum atomic E-state index is -4.34. The molecular weight excluding hydrogens is 231 g/mol. The Kier molecular flexibility index (Phi) is 2.81. The Bertz CT molecular complexity index is 477. The van der Waals surface area contributed by atoms with Crippen LogP contribution < -0.4 is 5.73 Å². The lowest BCUT2D eigenvalue weighted by Crippen LogP contribution is -2.04. The van der Waals surface area contributed by atoms with E-state index in [1.807, 2.05) is 0 Å². The van der Waals surface area contributed by atoms with Crippen LogP contribution in [0.1, 0.15) is 5.56 Å². The van der Waals surface area contributed by atoms with Gasteiger partial charge in [0.15, 0.2) is 5.95 Å². The molecule has 7 heteroatoms. The summed E-state index contributed by atoms with van der Waals surface area (Å²) in [4.78, 5) is 6.33. The molecule has 82 valence electrons. The molecule has 0 amide bonds. The summed E-state index contributed by atoms with van der Waals surface area (Å²) in [5.41, 5.74) is 5.30. The number of halogens is 4. The van der Waals surface area contributed by atoms with E-state index >= 15 is 0 Å². The number of nitrogens with two attached hydrogens (primary N) is 1. The highest BCUT2D eigenvalue weighted by Crippen LogP contribution is 2.30. The van der Waals surface area contributed by atoms with Gasteiger partial charge in [0.2, 0.25) is 0 Å². The molecule has 1 aromatic heterocycles. The van der Waals surface area contributed by atoms with Gasteiger partial charge in [-0.1, -0.05) is 0 Å². The average molecular weight is 238 g/mol. The molecule has 0 aliphatic carbocycles. The molecule has 0 saturated carbocycles. The zero-order valence-corrected chi connectivity index (χ0v) is 8.12. The lowest BCUT2D eigenvalue weighted by molar-refractivity contribution is -0.137. The van der Waals surface area contributed by atoms with Crippen LogP contribution in [0, 0.1) is 0 Å². The number of nitrogens with one attached hydrogen (secondary N) is 1. The van der Waals surface area contributed by atoms with Crippen molar-refractivity contribution in [3.8, 4) is 0 Å². The summed E-state index contributed by atoms with van der Waals surface area (Å²) in [5.74, 6) is 0.110. The van der Waals surface area contributed by atoms with E-state index in [2.05, 4.69) is 9.97 Å². The molecule has 0 aliphatic heterocycles. The van der Waals surface area contributed by atoms with Gasteiger partial charge in [-0.05, 0) is 18.2 Å². The van der Waals surface area contributed by atoms with E-state index in [1.165, 1.54) is 6.07 Å². The molecule has 0 spiro atoms. The Labute approximate surface area is 88.9 Å². The highest BCUT2D eigenvalue weighted by atomic mass is 35.5. The Morgan fingerprint density at radius 2 is 1.93 bits per heavy atom. The van der Waals surface area contributed by atoms with E-state index in [1.54, 1.807) is 0 Å². The number of rotatable bonds is 0. The molecule has 2 aromatic rings. The van der Waals surface area contributed by atoms with Crippen LogP contribution in [0.3, 0.4) is 0 Å². The number of H-pyrrole nitrogens is 1. The van der Waals surface area contributed by atoms with E-state index in [0.29, 0.717) is 5.52 Å². The second-order valence-corrected chi connectivity index (χ2v) is 2.85. The highest BCUT2D eigenvalue weighted by molar-refractivity contribution is 5.85. The van der Waals surface area contributed by atoms with Gasteiger partial charge in [0.25, 0.3) is 0 Å². The molecule has 0 saturated heterocycles. The Hall–Kier alpha value is -1.43. The predicted molar refractivity (Wildman–Crippen MR) is 52.8 cm³/mol. The van der Waals surface area contributed by atoms with Crippen molar-refractivity contribution >= 4 is 29.4 Å². The second kappa shape index (κ2) is 3.62. The topological polar surface area (TPSA) is 54.7 Å². The first kappa shape index (κ1) is 11.6. The lowest BCUT2D eigenvalue weighted by atomic mass is 10.2. The summed E-state index contributed by atoms with van der Waals surface area (Å²) in [7, 11) is 0. The van der Waals surface area contributed by atoms with Crippen LogP contribution in [0.15, 0.2) is 18.2 Å². The van der Waals surface area contributed by atoms with Crippen LogP contribution in [0.4, 0.5) is 19.1 Å². The van der Waals surface area contributed by atoms with Crippen LogP contribution in [-0.2, 0) is 6.18 Å². The van der Waals surface area contributed by atoms with Gasteiger partial charge < -0.3 is 10.7 Å². The maximum Gasteiger partial charge on any atom is 0.416 e. The van der Waals surface area contributed by atoms with Crippen molar-refractivity contribution in [2.75, 3.05) is 5.73 Å². The molecular formula is C8H7ClF3N3. The van der Waals surface area contributed by atoms with Crippen molar-refractivity contribution in [2.24, 2.45) is 0 Å². The highest BCUT2D eigenvalue weighted by Gasteiger charge is 2.30. The Morgan fingerprint density at radius 3 is 2.53 bits per heavy atom. The van der Waals surface area contributed by atoms with Gasteiger partial charge in [0.05, 0.1) is 16.6 Å². The summed E-state index contributed by atoms with van der Waals surface area (Å²) in [6, 6.07) is 3.24. The maximum atomic E-state index is 12.3. The van der Waals surface area contributed by atoms with Crippen molar-refractivity contribution in [2.45, 2.75) is 6.18 Å². The van der Waals surface area contributed by atoms with Crippen molar-refractivity contribution in [1.29, 1.82) is 0 Å². The molecule has 1 heterocycles. The van der Waals surface area contributed by atoms with Gasteiger partial charge in [-0.15, -0.1) is 12.4 Å². The number of aromatic nitrogens is 2. The normalized spacial score (nSPS) is 11.4. The third-order valence-electron chi connectivity index (χ3n) is 1.83. The summed E-state index contributed by atoms with van der Waals surface area (Å²) < 4.78 is 36.8. The first-order valence-corrected chi connectivity index (χ1v) is 3.79. The molecule has 0 bridgehead atoms. The average Bonchev–Trinajstić information content (AvgIpc) is 2.41. The fourth-order valence-corrected chi connectivity index (χ4v) is 1.21. The van der Waals surface area contributed by atoms with E-state index in [0.717, 1.165) is 12.1 Å². The number of nitrogens with zero attached hydrogens (tertiary/aromatic N) is 1. The van der Waals surface area contributed by atoms with Crippen molar-refractivity contribution in [3.05, 3.63) is 23.8 Å². The number of anilines is 1. The molecule has 0 fully saturated rings. The minimum absolute atomic E-state index is 0. The zero-order chi connectivity index (χ0) is 10.3. The fourth-order valence-electron chi connectivity index (χ4n) is 1.21. The number of aromatic amines is 1. The van der Waals surface area contributed by atoms with Gasteiger partial charge in [0.1, 0.15) is 0 Å². The molecule has 3 nitrogen and oxygen atoms in total. The summed E-state index contributed by atoms with van der Waals surface area (Å²) in [5, 5.41) is 0. The molecule has 15 heavy (non-hydrogen) atoms. The van der Waals surface area contributed by atoms with E-state index < -0.39 is 11.7 Å². The minimum Gasteiger partial charge on any atom is -0.369 e. The molecule has 3 N–H and O–H groups in total. The van der Waals surface area contributed by atoms with Crippen LogP contribution in [0.25, 0.3) is 11.0 Å². The largest absolute Gasteiger partial charge is 0.416 e. The molecule has 0 aliphatic rings. The first-order chi connectivity index (χ1) is 6.47. The number of nitrogen functional groups attached to an aromatic ring is 1. The fraction of sp³-hybridized carbons (Fsp3) is 0.125. The molecule has 1 aromatic carbocycles. The number of benzene rings is 1. The third kappa shape index (κ3) is 2.15. The van der Waals surface area contributed by atoms with Gasteiger partial charge in [0, 0.05) is 0 Å². The number of imidazole rings is 1. The van der Waals surface area contributed by atoms with Crippen LogP contribution >= 0.6 is 12.4 Å². The van der Waals surface area contributed by atoms with Crippen LogP contribution in [0.2, 0.25) is 0 Å². The molecule has 0 atom stereocenters. The predicted octanol–water partition coefficient (Wildman–Crippen LogP) is 2.59. The molecule has 0 unspecified atom stereocenters. The zero-order valence-electron chi connectivity index (χ0n) is 7.30. The maximum absolute atomic E-state index is 12.3. The van der Waals surface area contributed by atoms with E-state index in [4.69, 9.17) is 5.73 Å². The number of fused-ring (bicyclic) bond motifs is 1. The number of hydrogen-bond donors (Lipinski definition) is 2. The SMILES string of the molecule is Cl.Nc1nc2ccc(C(F)(F)F)cc2[nH]1. The van der Waals surface area contributed by atoms with Gasteiger partial charge in [-0.25, -0.2) is 4.98 Å². The Balaban J connectivity index is 0.00000112. The van der Waals surface area contributed by atoms with Gasteiger partial charge >= 0.3 is 6.18 Å². The molecule has 0 radical (unpaired) electrons. The standard InChI is InChI=1S/C8H6F3N3.ClH/c9-8(10,11)4-1-2-5-6(3-4)14-7(12)13-5;/h1-3H,(H3,12,13,14);1H. The first-order valence-electron chi connectivity index (χ1n) is 3.79. The van der Waals surface area contributed by atoms with E-state index in [-0.39, 0.29) is 23.9 Å². The monoisotopic (exact) mass is 237 g/mol. The summed E-state index contributed by atoms with van der Waals surface area (Å²) >= 11 is 0. The smallest absolute Gasteiger partial charge is 0.369 e. The summed E-state index contributed by atoms with van der Waals surface area (Å²) in [6.45, 7) is 0. The summed E-state index contributed by atoms with van der Waals surface area (Å²) in [6.07, 6.45) is -4.34. The number of alkyl halides is 3. The Morgan fingerprint density at radius 1 is 1.27 bits per heavy atom. The third-order valence-corrected chi connectivity index (χ3v) is 1.83. The quantitative estimate of drug-likeness (QED) is 0.740.